The second kappa shape index (κ2) is 7.56. The minimum atomic E-state index is 0.0995. The molecule has 1 heterocycles. The Morgan fingerprint density at radius 3 is 2.61 bits per heavy atom. The van der Waals surface area contributed by atoms with E-state index in [-0.39, 0.29) is 5.91 Å². The van der Waals surface area contributed by atoms with Crippen LogP contribution in [-0.2, 0) is 11.2 Å². The van der Waals surface area contributed by atoms with Crippen molar-refractivity contribution in [3.63, 3.8) is 0 Å². The molecule has 0 unspecified atom stereocenters. The van der Waals surface area contributed by atoms with Crippen LogP contribution >= 0.6 is 12.2 Å². The normalized spacial score (nSPS) is 9.96. The highest BCUT2D eigenvalue weighted by atomic mass is 32.1. The molecular weight excluding hydrogens is 310 g/mol. The Balaban J connectivity index is 2.07. The van der Waals surface area contributed by atoms with Gasteiger partial charge in [0.05, 0.1) is 0 Å². The number of aromatic amines is 1. The van der Waals surface area contributed by atoms with Crippen LogP contribution < -0.4 is 4.74 Å². The summed E-state index contributed by atoms with van der Waals surface area (Å²) in [5, 5.41) is 9.14. The average molecular weight is 327 g/mol. The van der Waals surface area contributed by atoms with E-state index in [1.807, 2.05) is 30.3 Å². The summed E-state index contributed by atoms with van der Waals surface area (Å²) in [6.45, 7) is 0. The molecule has 1 aromatic heterocycles. The summed E-state index contributed by atoms with van der Waals surface area (Å²) in [4.78, 5) is 16.0. The van der Waals surface area contributed by atoms with Crippen LogP contribution in [0, 0.1) is 16.0 Å². The lowest BCUT2D eigenvalue weighted by Gasteiger charge is -2.10. The number of aryl methyl sites for hydroxylation is 1. The van der Waals surface area contributed by atoms with Crippen molar-refractivity contribution in [2.75, 3.05) is 14.1 Å². The zero-order valence-electron chi connectivity index (χ0n) is 13.0. The lowest BCUT2D eigenvalue weighted by molar-refractivity contribution is -0.128. The van der Waals surface area contributed by atoms with Gasteiger partial charge < -0.3 is 14.6 Å². The molecule has 0 aliphatic rings. The quantitative estimate of drug-likeness (QED) is 0.854. The van der Waals surface area contributed by atoms with Gasteiger partial charge in [-0.15, -0.1) is 0 Å². The Morgan fingerprint density at radius 1 is 1.30 bits per heavy atom. The maximum absolute atomic E-state index is 11.6. The standard InChI is InChI=1S/C17H17N3O2S/c1-20(2)16(21)8-5-12-3-6-13(7-4-12)22-15-9-10-19-17(23)14(15)11-18/h3-4,6-7,9-10H,5,8H2,1-2H3,(H,19,23). The van der Waals surface area contributed by atoms with Crippen molar-refractivity contribution >= 4 is 18.1 Å². The van der Waals surface area contributed by atoms with E-state index in [4.69, 9.17) is 22.2 Å². The molecular formula is C17H17N3O2S. The van der Waals surface area contributed by atoms with Crippen molar-refractivity contribution in [3.05, 3.63) is 52.3 Å². The van der Waals surface area contributed by atoms with Crippen LogP contribution in [0.4, 0.5) is 0 Å². The molecule has 0 bridgehead atoms. The molecule has 0 atom stereocenters. The molecule has 1 N–H and O–H groups in total. The van der Waals surface area contributed by atoms with Crippen molar-refractivity contribution in [1.82, 2.24) is 9.88 Å². The van der Waals surface area contributed by atoms with Gasteiger partial charge in [0.15, 0.2) is 0 Å². The third kappa shape index (κ3) is 4.41. The van der Waals surface area contributed by atoms with Gasteiger partial charge in [0.25, 0.3) is 0 Å². The van der Waals surface area contributed by atoms with E-state index in [2.05, 4.69) is 4.98 Å². The molecule has 0 fully saturated rings. The fraction of sp³-hybridized carbons (Fsp3) is 0.235. The second-order valence-corrected chi connectivity index (χ2v) is 5.60. The van der Waals surface area contributed by atoms with E-state index in [0.29, 0.717) is 34.5 Å². The number of rotatable bonds is 5. The first-order chi connectivity index (χ1) is 11.0. The number of carbonyl (C=O) groups is 1. The Hall–Kier alpha value is -2.65. The SMILES string of the molecule is CN(C)C(=O)CCc1ccc(Oc2cc[nH]c(=S)c2C#N)cc1. The van der Waals surface area contributed by atoms with Gasteiger partial charge in [-0.25, -0.2) is 0 Å². The number of pyridine rings is 1. The predicted octanol–water partition coefficient (Wildman–Crippen LogP) is 3.43. The first kappa shape index (κ1) is 16.7. The van der Waals surface area contributed by atoms with E-state index in [0.717, 1.165) is 5.56 Å². The fourth-order valence-electron chi connectivity index (χ4n) is 1.98. The number of hydrogen-bond acceptors (Lipinski definition) is 4. The highest BCUT2D eigenvalue weighted by molar-refractivity contribution is 7.71. The summed E-state index contributed by atoms with van der Waals surface area (Å²) in [7, 11) is 3.49. The molecule has 5 nitrogen and oxygen atoms in total. The van der Waals surface area contributed by atoms with Gasteiger partial charge >= 0.3 is 0 Å². The summed E-state index contributed by atoms with van der Waals surface area (Å²) < 4.78 is 6.07. The summed E-state index contributed by atoms with van der Waals surface area (Å²) in [5.41, 5.74) is 1.36. The van der Waals surface area contributed by atoms with Crippen LogP contribution in [0.25, 0.3) is 0 Å². The summed E-state index contributed by atoms with van der Waals surface area (Å²) in [6, 6.07) is 11.2. The molecule has 0 saturated heterocycles. The second-order valence-electron chi connectivity index (χ2n) is 5.19. The van der Waals surface area contributed by atoms with E-state index >= 15 is 0 Å². The minimum Gasteiger partial charge on any atom is -0.456 e. The zero-order valence-corrected chi connectivity index (χ0v) is 13.8. The van der Waals surface area contributed by atoms with Crippen molar-refractivity contribution in [2.45, 2.75) is 12.8 Å². The van der Waals surface area contributed by atoms with Gasteiger partial charge in [-0.3, -0.25) is 4.79 Å². The number of benzene rings is 1. The first-order valence-electron chi connectivity index (χ1n) is 7.10. The topological polar surface area (TPSA) is 69.1 Å². The van der Waals surface area contributed by atoms with Crippen LogP contribution in [0.3, 0.4) is 0 Å². The molecule has 2 rings (SSSR count). The monoisotopic (exact) mass is 327 g/mol. The van der Waals surface area contributed by atoms with Crippen molar-refractivity contribution in [2.24, 2.45) is 0 Å². The Labute approximate surface area is 140 Å². The summed E-state index contributed by atoms with van der Waals surface area (Å²) >= 11 is 5.06. The lowest BCUT2D eigenvalue weighted by Crippen LogP contribution is -2.21. The van der Waals surface area contributed by atoms with Gasteiger partial charge in [-0.1, -0.05) is 24.4 Å². The number of hydrogen-bond donors (Lipinski definition) is 1. The van der Waals surface area contributed by atoms with Gasteiger partial charge in [-0.2, -0.15) is 5.26 Å². The van der Waals surface area contributed by atoms with E-state index in [1.165, 1.54) is 0 Å². The molecule has 0 aliphatic heterocycles. The molecule has 0 radical (unpaired) electrons. The highest BCUT2D eigenvalue weighted by Crippen LogP contribution is 2.25. The van der Waals surface area contributed by atoms with Crippen LogP contribution in [0.2, 0.25) is 0 Å². The Bertz CT molecular complexity index is 789. The highest BCUT2D eigenvalue weighted by Gasteiger charge is 2.07. The number of carbonyl (C=O) groups excluding carboxylic acids is 1. The van der Waals surface area contributed by atoms with Crippen LogP contribution in [0.5, 0.6) is 11.5 Å². The fourth-order valence-corrected chi connectivity index (χ4v) is 2.19. The van der Waals surface area contributed by atoms with Gasteiger partial charge in [-0.05, 0) is 30.2 Å². The number of H-pyrrole nitrogens is 1. The molecule has 1 amide bonds. The zero-order chi connectivity index (χ0) is 16.8. The largest absolute Gasteiger partial charge is 0.456 e. The van der Waals surface area contributed by atoms with Crippen molar-refractivity contribution in [3.8, 4) is 17.6 Å². The molecule has 118 valence electrons. The van der Waals surface area contributed by atoms with Gasteiger partial charge in [0.2, 0.25) is 5.91 Å². The Morgan fingerprint density at radius 2 is 2.00 bits per heavy atom. The van der Waals surface area contributed by atoms with E-state index in [1.54, 1.807) is 31.3 Å². The first-order valence-corrected chi connectivity index (χ1v) is 7.51. The average Bonchev–Trinajstić information content (AvgIpc) is 2.54. The lowest BCUT2D eigenvalue weighted by atomic mass is 10.1. The molecule has 0 saturated carbocycles. The van der Waals surface area contributed by atoms with Crippen LogP contribution in [0.15, 0.2) is 36.5 Å². The van der Waals surface area contributed by atoms with Crippen LogP contribution in [0.1, 0.15) is 17.5 Å². The predicted molar refractivity (Wildman–Crippen MR) is 89.9 cm³/mol. The van der Waals surface area contributed by atoms with Gasteiger partial charge in [0, 0.05) is 26.7 Å². The van der Waals surface area contributed by atoms with Crippen LogP contribution in [-0.4, -0.2) is 29.9 Å². The van der Waals surface area contributed by atoms with Crippen molar-refractivity contribution < 1.29 is 9.53 Å². The molecule has 1 aromatic carbocycles. The van der Waals surface area contributed by atoms with E-state index < -0.39 is 0 Å². The smallest absolute Gasteiger partial charge is 0.222 e. The third-order valence-corrected chi connectivity index (χ3v) is 3.63. The molecule has 23 heavy (non-hydrogen) atoms. The number of aromatic nitrogens is 1. The minimum absolute atomic E-state index is 0.0995. The molecule has 2 aromatic rings. The molecule has 0 spiro atoms. The number of amides is 1. The maximum atomic E-state index is 11.6. The summed E-state index contributed by atoms with van der Waals surface area (Å²) in [5.74, 6) is 1.14. The van der Waals surface area contributed by atoms with E-state index in [9.17, 15) is 4.79 Å². The number of ether oxygens (including phenoxy) is 1. The maximum Gasteiger partial charge on any atom is 0.222 e. The molecule has 6 heteroatoms. The number of nitrogens with zero attached hydrogens (tertiary/aromatic N) is 2. The molecule has 0 aliphatic carbocycles. The Kier molecular flexibility index (Phi) is 5.50. The van der Waals surface area contributed by atoms with Crippen molar-refractivity contribution in [1.29, 1.82) is 5.26 Å². The summed E-state index contributed by atoms with van der Waals surface area (Å²) in [6.07, 6.45) is 2.79. The third-order valence-electron chi connectivity index (χ3n) is 3.31. The van der Waals surface area contributed by atoms with Gasteiger partial charge in [0.1, 0.15) is 27.8 Å². The number of nitrogens with one attached hydrogen (secondary N) is 1. The number of nitriles is 1.